The number of amides is 5. The van der Waals surface area contributed by atoms with Crippen molar-refractivity contribution in [3.8, 4) is 0 Å². The van der Waals surface area contributed by atoms with Crippen molar-refractivity contribution in [1.82, 2.24) is 30.5 Å². The van der Waals surface area contributed by atoms with Crippen LogP contribution in [0, 0.1) is 0 Å². The fourth-order valence-electron chi connectivity index (χ4n) is 7.33. The molecule has 18 nitrogen and oxygen atoms in total. The van der Waals surface area contributed by atoms with E-state index in [1.54, 1.807) is 50.5 Å². The maximum atomic E-state index is 15.4. The summed E-state index contributed by atoms with van der Waals surface area (Å²) in [6.07, 6.45) is 6.65. The molecule has 1 saturated heterocycles. The summed E-state index contributed by atoms with van der Waals surface area (Å²) in [5.41, 5.74) is 1.77. The monoisotopic (exact) mass is 898 g/mol. The van der Waals surface area contributed by atoms with Crippen molar-refractivity contribution in [3.05, 3.63) is 83.3 Å². The number of benzene rings is 1. The molecule has 2 atom stereocenters. The average Bonchev–Trinajstić information content (AvgIpc) is 4.08. The summed E-state index contributed by atoms with van der Waals surface area (Å²) in [6.45, 7) is 5.91. The van der Waals surface area contributed by atoms with E-state index in [0.29, 0.717) is 93.1 Å². The Morgan fingerprint density at radius 1 is 0.877 bits per heavy atom. The van der Waals surface area contributed by atoms with Gasteiger partial charge in [-0.05, 0) is 75.8 Å². The van der Waals surface area contributed by atoms with Gasteiger partial charge in [-0.25, -0.2) is 14.4 Å². The van der Waals surface area contributed by atoms with Crippen LogP contribution in [-0.2, 0) is 39.7 Å². The lowest BCUT2D eigenvalue weighted by Crippen LogP contribution is -2.54. The summed E-state index contributed by atoms with van der Waals surface area (Å²) in [4.78, 5) is 77.6. The first kappa shape index (κ1) is 47.0. The van der Waals surface area contributed by atoms with Crippen LogP contribution in [0.25, 0.3) is 10.9 Å². The second-order valence-corrected chi connectivity index (χ2v) is 16.4. The first-order chi connectivity index (χ1) is 31.5. The molecule has 0 radical (unpaired) electrons. The van der Waals surface area contributed by atoms with E-state index in [-0.39, 0.29) is 44.2 Å². The molecule has 3 aliphatic rings. The smallest absolute Gasteiger partial charge is 0.262 e. The lowest BCUT2D eigenvalue weighted by Gasteiger charge is -2.29. The summed E-state index contributed by atoms with van der Waals surface area (Å²) in [5, 5.41) is 12.4. The third-order valence-corrected chi connectivity index (χ3v) is 11.1. The Labute approximate surface area is 375 Å². The van der Waals surface area contributed by atoms with E-state index in [9.17, 15) is 24.0 Å². The van der Waals surface area contributed by atoms with E-state index in [1.807, 2.05) is 18.2 Å². The van der Waals surface area contributed by atoms with Gasteiger partial charge in [-0.3, -0.25) is 39.2 Å². The Hall–Kier alpha value is -5.99. The van der Waals surface area contributed by atoms with E-state index in [2.05, 4.69) is 36.2 Å². The van der Waals surface area contributed by atoms with Crippen LogP contribution in [0.2, 0.25) is 0 Å². The predicted molar refractivity (Wildman–Crippen MR) is 236 cm³/mol. The zero-order chi connectivity index (χ0) is 45.8. The lowest BCUT2D eigenvalue weighted by atomic mass is 9.99. The van der Waals surface area contributed by atoms with E-state index < -0.39 is 47.4 Å². The number of anilines is 3. The van der Waals surface area contributed by atoms with Crippen LogP contribution in [-0.4, -0.2) is 139 Å². The molecule has 1 aromatic carbocycles. The molecule has 19 heteroatoms. The van der Waals surface area contributed by atoms with Crippen LogP contribution in [0.1, 0.15) is 82.6 Å². The fraction of sp³-hybridized carbons (Fsp3) is 0.478. The molecule has 1 aliphatic carbocycles. The van der Waals surface area contributed by atoms with Crippen LogP contribution < -0.4 is 21.3 Å². The first-order valence-corrected chi connectivity index (χ1v) is 21.9. The zero-order valence-electron chi connectivity index (χ0n) is 36.6. The Morgan fingerprint density at radius 3 is 2.32 bits per heavy atom. The van der Waals surface area contributed by atoms with Gasteiger partial charge in [-0.15, -0.1) is 0 Å². The topological polar surface area (TPSA) is 222 Å². The predicted octanol–water partition coefficient (Wildman–Crippen LogP) is 4.31. The molecule has 2 unspecified atom stereocenters. The molecule has 4 aromatic rings. The highest BCUT2D eigenvalue weighted by Gasteiger charge is 2.45. The van der Waals surface area contributed by atoms with Crippen LogP contribution in [0.5, 0.6) is 0 Å². The number of alkyl halides is 1. The molecule has 346 valence electrons. The van der Waals surface area contributed by atoms with Gasteiger partial charge in [0, 0.05) is 49.1 Å². The van der Waals surface area contributed by atoms with E-state index in [1.165, 1.54) is 6.20 Å². The van der Waals surface area contributed by atoms with Gasteiger partial charge in [0.25, 0.3) is 17.7 Å². The number of hydrogen-bond acceptors (Lipinski definition) is 15. The molecule has 65 heavy (non-hydrogen) atoms. The average molecular weight is 899 g/mol. The molecule has 5 amide bonds. The van der Waals surface area contributed by atoms with Gasteiger partial charge < -0.3 is 39.6 Å². The van der Waals surface area contributed by atoms with Gasteiger partial charge in [-0.2, -0.15) is 0 Å². The quantitative estimate of drug-likeness (QED) is 0.0510. The number of aromatic nitrogens is 3. The van der Waals surface area contributed by atoms with E-state index in [0.717, 1.165) is 28.6 Å². The SMILES string of the molecule is CC(C)(OCCOCCOCCOCCOCCCc1cccc2c1C(=O)N(C1CCC(=O)NC1=O)C2=O)C(F)CNC(=O)c1cnc(Nc2ccc3cnccc3n2)cc1NC1CC1. The van der Waals surface area contributed by atoms with Crippen molar-refractivity contribution < 1.29 is 52.0 Å². The van der Waals surface area contributed by atoms with Crippen molar-refractivity contribution in [1.29, 1.82) is 0 Å². The number of piperidine rings is 1. The summed E-state index contributed by atoms with van der Waals surface area (Å²) in [6, 6.07) is 11.7. The highest BCUT2D eigenvalue weighted by atomic mass is 19.1. The molecule has 1 saturated carbocycles. The van der Waals surface area contributed by atoms with E-state index >= 15 is 4.39 Å². The Kier molecular flexibility index (Phi) is 16.1. The van der Waals surface area contributed by atoms with Crippen LogP contribution in [0.15, 0.2) is 61.1 Å². The number of carbonyl (C=O) groups is 5. The number of carbonyl (C=O) groups excluding carboxylic acids is 5. The standard InChI is InChI=1S/C46H55FN8O10/c1-46(2,37(47)28-50-42(57)33-27-49-39(25-35(33)51-31-9-10-31)53-38-12-8-30-26-48-15-14-34(30)52-38)65-24-23-64-22-21-63-20-19-62-18-17-61-16-4-6-29-5-3-7-32-41(29)45(60)55(44(32)59)36-11-13-40(56)54-43(36)58/h3,5,7-8,12,14-15,25-27,31,36-37H,4,6,9-11,13,16-24,28H2,1-2H3,(H,50,57)(H,54,56,58)(H2,49,51,52,53). The van der Waals surface area contributed by atoms with Gasteiger partial charge in [0.15, 0.2) is 0 Å². The molecule has 4 N–H and O–H groups in total. The zero-order valence-corrected chi connectivity index (χ0v) is 36.6. The van der Waals surface area contributed by atoms with Gasteiger partial charge in [0.1, 0.15) is 23.8 Å². The molecular weight excluding hydrogens is 844 g/mol. The third-order valence-electron chi connectivity index (χ3n) is 11.1. The second kappa shape index (κ2) is 22.3. The maximum Gasteiger partial charge on any atom is 0.262 e. The van der Waals surface area contributed by atoms with Crippen molar-refractivity contribution in [2.24, 2.45) is 0 Å². The lowest BCUT2D eigenvalue weighted by molar-refractivity contribution is -0.136. The number of fused-ring (bicyclic) bond motifs is 2. The number of ether oxygens (including phenoxy) is 5. The first-order valence-electron chi connectivity index (χ1n) is 21.9. The summed E-state index contributed by atoms with van der Waals surface area (Å²) in [7, 11) is 0. The van der Waals surface area contributed by atoms with Gasteiger partial charge >= 0.3 is 0 Å². The number of aryl methyl sites for hydroxylation is 1. The highest BCUT2D eigenvalue weighted by molar-refractivity contribution is 6.24. The number of nitrogens with zero attached hydrogens (tertiary/aromatic N) is 4. The normalized spacial score (nSPS) is 16.7. The number of nitrogens with one attached hydrogen (secondary N) is 4. The molecule has 3 aromatic heterocycles. The van der Waals surface area contributed by atoms with Crippen molar-refractivity contribution in [2.75, 3.05) is 76.6 Å². The maximum absolute atomic E-state index is 15.4. The van der Waals surface area contributed by atoms with Crippen molar-refractivity contribution in [2.45, 2.75) is 76.2 Å². The molecule has 0 spiro atoms. The molecule has 2 aliphatic heterocycles. The Morgan fingerprint density at radius 2 is 1.60 bits per heavy atom. The van der Waals surface area contributed by atoms with Crippen molar-refractivity contribution >= 4 is 57.8 Å². The van der Waals surface area contributed by atoms with E-state index in [4.69, 9.17) is 23.7 Å². The molecule has 5 heterocycles. The highest BCUT2D eigenvalue weighted by Crippen LogP contribution is 2.31. The van der Waals surface area contributed by atoms with Crippen LogP contribution in [0.3, 0.4) is 0 Å². The number of rotatable bonds is 26. The minimum Gasteiger partial charge on any atom is -0.382 e. The number of halogens is 1. The largest absolute Gasteiger partial charge is 0.382 e. The Balaban J connectivity index is 0.706. The second-order valence-electron chi connectivity index (χ2n) is 16.4. The number of pyridine rings is 3. The summed E-state index contributed by atoms with van der Waals surface area (Å²) in [5.74, 6) is -1.44. The Bertz CT molecular complexity index is 2350. The van der Waals surface area contributed by atoms with Gasteiger partial charge in [0.05, 0.1) is 92.9 Å². The minimum atomic E-state index is -1.50. The molecule has 7 rings (SSSR count). The summed E-state index contributed by atoms with van der Waals surface area (Å²) >= 11 is 0. The summed E-state index contributed by atoms with van der Waals surface area (Å²) < 4.78 is 43.5. The number of hydrogen-bond donors (Lipinski definition) is 4. The van der Waals surface area contributed by atoms with Crippen LogP contribution in [0.4, 0.5) is 21.7 Å². The molecular formula is C46H55FN8O10. The van der Waals surface area contributed by atoms with Crippen LogP contribution >= 0.6 is 0 Å². The van der Waals surface area contributed by atoms with Crippen molar-refractivity contribution in [3.63, 3.8) is 0 Å². The fourth-order valence-corrected chi connectivity index (χ4v) is 7.33. The minimum absolute atomic E-state index is 0.0651. The molecule has 2 fully saturated rings. The van der Waals surface area contributed by atoms with Gasteiger partial charge in [-0.1, -0.05) is 12.1 Å². The van der Waals surface area contributed by atoms with Gasteiger partial charge in [0.2, 0.25) is 11.8 Å². The third kappa shape index (κ3) is 12.6. The number of imide groups is 2. The molecule has 0 bridgehead atoms.